The molecular formula is C28H27N7O7. The summed E-state index contributed by atoms with van der Waals surface area (Å²) in [5, 5.41) is 17.8. The summed E-state index contributed by atoms with van der Waals surface area (Å²) in [5.41, 5.74) is 0.493. The van der Waals surface area contributed by atoms with Crippen molar-refractivity contribution in [2.24, 2.45) is 0 Å². The number of para-hydroxylation sites is 2. The monoisotopic (exact) mass is 573 g/mol. The zero-order chi connectivity index (χ0) is 30.0. The lowest BCUT2D eigenvalue weighted by molar-refractivity contribution is -0.155. The van der Waals surface area contributed by atoms with Gasteiger partial charge >= 0.3 is 11.7 Å². The third-order valence-electron chi connectivity index (χ3n) is 6.50. The molecule has 0 saturated carbocycles. The Labute approximate surface area is 238 Å². The Morgan fingerprint density at radius 1 is 1.07 bits per heavy atom. The van der Waals surface area contributed by atoms with Crippen LogP contribution in [0.25, 0.3) is 11.0 Å². The van der Waals surface area contributed by atoms with Gasteiger partial charge in [-0.3, -0.25) is 28.7 Å². The van der Waals surface area contributed by atoms with E-state index in [0.717, 1.165) is 11.0 Å². The molecular weight excluding hydrogens is 546 g/mol. The molecule has 216 valence electrons. The van der Waals surface area contributed by atoms with Crippen molar-refractivity contribution in [3.05, 3.63) is 87.3 Å². The van der Waals surface area contributed by atoms with E-state index in [4.69, 9.17) is 0 Å². The number of rotatable bonds is 8. The van der Waals surface area contributed by atoms with Crippen LogP contribution in [-0.4, -0.2) is 54.3 Å². The summed E-state index contributed by atoms with van der Waals surface area (Å²) in [6, 6.07) is 12.4. The third kappa shape index (κ3) is 6.02. The van der Waals surface area contributed by atoms with Gasteiger partial charge in [-0.1, -0.05) is 12.1 Å². The fourth-order valence-corrected chi connectivity index (χ4v) is 4.34. The molecule has 5 rings (SSSR count). The number of hydrogen-bond acceptors (Lipinski definition) is 10. The van der Waals surface area contributed by atoms with Gasteiger partial charge in [-0.25, -0.2) is 14.3 Å². The number of carbonyl (C=O) groups excluding carboxylic acids is 3. The highest BCUT2D eigenvalue weighted by molar-refractivity contribution is 6.04. The van der Waals surface area contributed by atoms with Gasteiger partial charge in [-0.05, 0) is 50.2 Å². The van der Waals surface area contributed by atoms with Crippen LogP contribution in [0.5, 0.6) is 0 Å². The molecule has 3 heterocycles. The number of ether oxygens (including phenoxy) is 1. The number of benzene rings is 2. The summed E-state index contributed by atoms with van der Waals surface area (Å²) in [6.45, 7) is 2.69. The van der Waals surface area contributed by atoms with Gasteiger partial charge in [-0.15, -0.1) is 0 Å². The number of fused-ring (bicyclic) bond motifs is 1. The van der Waals surface area contributed by atoms with Gasteiger partial charge in [-0.2, -0.15) is 0 Å². The lowest BCUT2D eigenvalue weighted by Gasteiger charge is -2.17. The summed E-state index contributed by atoms with van der Waals surface area (Å²) < 4.78 is 6.47. The van der Waals surface area contributed by atoms with Gasteiger partial charge in [0.1, 0.15) is 24.1 Å². The fourth-order valence-electron chi connectivity index (χ4n) is 4.34. The molecule has 4 N–H and O–H groups in total. The Kier molecular flexibility index (Phi) is 7.80. The minimum Gasteiger partial charge on any atom is -0.434 e. The minimum absolute atomic E-state index is 0.214. The van der Waals surface area contributed by atoms with Gasteiger partial charge in [0.2, 0.25) is 12.2 Å². The molecule has 2 amide bonds. The predicted octanol–water partition coefficient (Wildman–Crippen LogP) is 1.28. The molecule has 0 radical (unpaired) electrons. The van der Waals surface area contributed by atoms with Crippen molar-refractivity contribution in [1.29, 1.82) is 0 Å². The molecule has 14 heteroatoms. The number of anilines is 3. The molecule has 42 heavy (non-hydrogen) atoms. The largest absolute Gasteiger partial charge is 0.434 e. The molecule has 14 nitrogen and oxygen atoms in total. The van der Waals surface area contributed by atoms with E-state index in [1.807, 2.05) is 24.3 Å². The van der Waals surface area contributed by atoms with Gasteiger partial charge in [0.25, 0.3) is 11.5 Å². The Balaban J connectivity index is 1.32. The van der Waals surface area contributed by atoms with E-state index >= 15 is 0 Å². The predicted molar refractivity (Wildman–Crippen MR) is 151 cm³/mol. The Morgan fingerprint density at radius 2 is 1.79 bits per heavy atom. The molecule has 2 atom stereocenters. The Morgan fingerprint density at radius 3 is 2.45 bits per heavy atom. The van der Waals surface area contributed by atoms with Crippen LogP contribution in [0.2, 0.25) is 0 Å². The minimum atomic E-state index is -1.53. The summed E-state index contributed by atoms with van der Waals surface area (Å²) in [5.74, 6) is -1.58. The van der Waals surface area contributed by atoms with Crippen LogP contribution in [0.4, 0.5) is 17.2 Å². The van der Waals surface area contributed by atoms with Crippen LogP contribution >= 0.6 is 0 Å². The number of aliphatic hydroxyl groups excluding tert-OH is 1. The van der Waals surface area contributed by atoms with Gasteiger partial charge < -0.3 is 25.8 Å². The number of aliphatic hydroxyl groups is 1. The lowest BCUT2D eigenvalue weighted by atomic mass is 10.2. The first-order chi connectivity index (χ1) is 20.1. The highest BCUT2D eigenvalue weighted by Crippen LogP contribution is 2.18. The second-order valence-corrected chi connectivity index (χ2v) is 9.88. The van der Waals surface area contributed by atoms with E-state index in [-0.39, 0.29) is 17.7 Å². The SMILES string of the molecule is CC(C)n1cc(NC(=O)c2ccc(Nc3cnc4ccccc4n3)cc2)c(=O)n(CC(=O)N[C@H]2CC(=O)OC2O)c1=O. The van der Waals surface area contributed by atoms with Gasteiger partial charge in [0, 0.05) is 23.5 Å². The molecule has 0 aliphatic carbocycles. The van der Waals surface area contributed by atoms with Gasteiger partial charge in [0.15, 0.2) is 0 Å². The average Bonchev–Trinajstić information content (AvgIpc) is 3.28. The molecule has 4 aromatic rings. The van der Waals surface area contributed by atoms with E-state index in [9.17, 15) is 29.1 Å². The van der Waals surface area contributed by atoms with Crippen LogP contribution in [0.1, 0.15) is 36.7 Å². The maximum atomic E-state index is 13.2. The number of amides is 2. The number of cyclic esters (lactones) is 1. The maximum absolute atomic E-state index is 13.2. The summed E-state index contributed by atoms with van der Waals surface area (Å²) >= 11 is 0. The second-order valence-electron chi connectivity index (χ2n) is 9.88. The highest BCUT2D eigenvalue weighted by atomic mass is 16.6. The molecule has 1 aliphatic heterocycles. The molecule has 2 aromatic heterocycles. The quantitative estimate of drug-likeness (QED) is 0.224. The highest BCUT2D eigenvalue weighted by Gasteiger charge is 2.34. The Hall–Kier alpha value is -5.37. The van der Waals surface area contributed by atoms with Crippen LogP contribution < -0.4 is 27.2 Å². The van der Waals surface area contributed by atoms with Crippen molar-refractivity contribution < 1.29 is 24.2 Å². The number of nitrogens with one attached hydrogen (secondary N) is 3. The van der Waals surface area contributed by atoms with Crippen molar-refractivity contribution in [3.8, 4) is 0 Å². The first kappa shape index (κ1) is 28.2. The van der Waals surface area contributed by atoms with E-state index in [1.165, 1.54) is 10.8 Å². The lowest BCUT2D eigenvalue weighted by Crippen LogP contribution is -2.47. The Bertz CT molecular complexity index is 1800. The van der Waals surface area contributed by atoms with Crippen LogP contribution in [0, 0.1) is 0 Å². The fraction of sp³-hybridized carbons (Fsp3) is 0.250. The average molecular weight is 574 g/mol. The molecule has 1 fully saturated rings. The molecule has 0 spiro atoms. The third-order valence-corrected chi connectivity index (χ3v) is 6.50. The van der Waals surface area contributed by atoms with E-state index in [1.54, 1.807) is 44.3 Å². The number of esters is 1. The molecule has 1 saturated heterocycles. The number of carbonyl (C=O) groups is 3. The zero-order valence-electron chi connectivity index (χ0n) is 22.6. The van der Waals surface area contributed by atoms with Crippen molar-refractivity contribution in [2.75, 3.05) is 10.6 Å². The summed E-state index contributed by atoms with van der Waals surface area (Å²) in [6.07, 6.45) is 1.04. The number of hydrogen-bond donors (Lipinski definition) is 4. The maximum Gasteiger partial charge on any atom is 0.331 e. The van der Waals surface area contributed by atoms with Crippen molar-refractivity contribution in [1.82, 2.24) is 24.4 Å². The van der Waals surface area contributed by atoms with Crippen molar-refractivity contribution >= 4 is 46.0 Å². The van der Waals surface area contributed by atoms with E-state index < -0.39 is 54.0 Å². The van der Waals surface area contributed by atoms with Crippen molar-refractivity contribution in [3.63, 3.8) is 0 Å². The molecule has 1 aliphatic rings. The summed E-state index contributed by atoms with van der Waals surface area (Å²) in [4.78, 5) is 72.0. The smallest absolute Gasteiger partial charge is 0.331 e. The second kappa shape index (κ2) is 11.6. The topological polar surface area (TPSA) is 187 Å². The van der Waals surface area contributed by atoms with E-state index in [2.05, 4.69) is 30.7 Å². The van der Waals surface area contributed by atoms with Crippen molar-refractivity contribution in [2.45, 2.75) is 45.2 Å². The summed E-state index contributed by atoms with van der Waals surface area (Å²) in [7, 11) is 0. The van der Waals surface area contributed by atoms with Crippen LogP contribution in [0.3, 0.4) is 0 Å². The van der Waals surface area contributed by atoms with Gasteiger partial charge in [0.05, 0.1) is 23.7 Å². The molecule has 0 bridgehead atoms. The standard InChI is InChI=1S/C28H27N7O7/c1-15(2)34-13-21(26(39)35(28(34)41)14-23(36)32-20-11-24(37)42-27(20)40)33-25(38)16-7-9-17(10-8-16)30-22-12-29-18-5-3-4-6-19(18)31-22/h3-10,12-13,15,20,27,40H,11,14H2,1-2H3,(H,30,31)(H,32,36)(H,33,38)/t20-,27?/m0/s1. The number of aromatic nitrogens is 4. The molecule has 2 aromatic carbocycles. The zero-order valence-corrected chi connectivity index (χ0v) is 22.6. The normalized spacial score (nSPS) is 16.3. The van der Waals surface area contributed by atoms with Crippen LogP contribution in [0.15, 0.2) is 70.5 Å². The first-order valence-electron chi connectivity index (χ1n) is 13.0. The van der Waals surface area contributed by atoms with E-state index in [0.29, 0.717) is 16.1 Å². The molecule has 1 unspecified atom stereocenters. The first-order valence-corrected chi connectivity index (χ1v) is 13.0. The number of nitrogens with zero attached hydrogens (tertiary/aromatic N) is 4. The van der Waals surface area contributed by atoms with Crippen LogP contribution in [-0.2, 0) is 20.9 Å².